The molecule has 0 aliphatic heterocycles. The predicted molar refractivity (Wildman–Crippen MR) is 122 cm³/mol. The maximum atomic E-state index is 12.2. The van der Waals surface area contributed by atoms with Gasteiger partial charge in [0, 0.05) is 10.9 Å². The summed E-state index contributed by atoms with van der Waals surface area (Å²) in [5, 5.41) is 6.07. The van der Waals surface area contributed by atoms with E-state index in [9.17, 15) is 4.79 Å². The number of carbonyl (C=O) groups is 1. The molecule has 4 aromatic rings. The van der Waals surface area contributed by atoms with Gasteiger partial charge in [0.1, 0.15) is 18.1 Å². The van der Waals surface area contributed by atoms with E-state index in [0.717, 1.165) is 21.9 Å². The van der Waals surface area contributed by atoms with E-state index in [2.05, 4.69) is 10.5 Å². The Morgan fingerprint density at radius 2 is 1.48 bits per heavy atom. The van der Waals surface area contributed by atoms with Crippen molar-refractivity contribution in [2.75, 3.05) is 6.61 Å². The molecule has 0 unspecified atom stereocenters. The van der Waals surface area contributed by atoms with Crippen molar-refractivity contribution in [3.8, 4) is 11.5 Å². The van der Waals surface area contributed by atoms with Gasteiger partial charge in [0.25, 0.3) is 5.91 Å². The fourth-order valence-corrected chi connectivity index (χ4v) is 3.12. The Balaban J connectivity index is 1.32. The Kier molecular flexibility index (Phi) is 6.55. The number of amides is 1. The Morgan fingerprint density at radius 3 is 2.39 bits per heavy atom. The third-order valence-electron chi connectivity index (χ3n) is 4.66. The van der Waals surface area contributed by atoms with Crippen molar-refractivity contribution in [1.82, 2.24) is 5.43 Å². The zero-order valence-corrected chi connectivity index (χ0v) is 16.9. The average Bonchev–Trinajstić information content (AvgIpc) is 2.83. The number of benzene rings is 4. The summed E-state index contributed by atoms with van der Waals surface area (Å²) in [6.07, 6.45) is 1.57. The highest BCUT2D eigenvalue weighted by atomic mass is 16.5. The summed E-state index contributed by atoms with van der Waals surface area (Å²) in [5.74, 6) is 1.01. The number of rotatable bonds is 8. The van der Waals surface area contributed by atoms with Gasteiger partial charge in [-0.3, -0.25) is 4.79 Å². The second-order valence-electron chi connectivity index (χ2n) is 6.87. The first-order valence-electron chi connectivity index (χ1n) is 9.98. The van der Waals surface area contributed by atoms with Crippen LogP contribution in [-0.2, 0) is 11.4 Å². The van der Waals surface area contributed by atoms with Gasteiger partial charge in [-0.2, -0.15) is 5.10 Å². The molecular weight excluding hydrogens is 388 g/mol. The summed E-state index contributed by atoms with van der Waals surface area (Å²) in [6.45, 7) is 0.328. The number of hydrazone groups is 1. The minimum Gasteiger partial charge on any atom is -0.488 e. The molecule has 0 saturated heterocycles. The molecule has 0 heterocycles. The summed E-state index contributed by atoms with van der Waals surface area (Å²) in [6, 6.07) is 31.1. The van der Waals surface area contributed by atoms with Gasteiger partial charge in [-0.1, -0.05) is 78.9 Å². The van der Waals surface area contributed by atoms with E-state index in [1.54, 1.807) is 6.21 Å². The summed E-state index contributed by atoms with van der Waals surface area (Å²) in [5.41, 5.74) is 4.35. The van der Waals surface area contributed by atoms with E-state index in [1.807, 2.05) is 97.1 Å². The SMILES string of the molecule is O=C(COc1cccc2ccccc12)N/N=C\c1ccccc1OCc1ccccc1. The van der Waals surface area contributed by atoms with Crippen LogP contribution in [0.1, 0.15) is 11.1 Å². The van der Waals surface area contributed by atoms with Gasteiger partial charge in [-0.25, -0.2) is 5.43 Å². The fourth-order valence-electron chi connectivity index (χ4n) is 3.12. The van der Waals surface area contributed by atoms with Gasteiger partial charge in [0.15, 0.2) is 6.61 Å². The van der Waals surface area contributed by atoms with Crippen LogP contribution in [0.5, 0.6) is 11.5 Å². The third kappa shape index (κ3) is 5.48. The largest absolute Gasteiger partial charge is 0.488 e. The van der Waals surface area contributed by atoms with E-state index in [-0.39, 0.29) is 12.5 Å². The normalized spacial score (nSPS) is 10.8. The lowest BCUT2D eigenvalue weighted by atomic mass is 10.1. The topological polar surface area (TPSA) is 59.9 Å². The van der Waals surface area contributed by atoms with E-state index in [4.69, 9.17) is 9.47 Å². The van der Waals surface area contributed by atoms with Crippen LogP contribution in [0, 0.1) is 0 Å². The van der Waals surface area contributed by atoms with E-state index in [0.29, 0.717) is 18.1 Å². The van der Waals surface area contributed by atoms with Crippen molar-refractivity contribution in [3.63, 3.8) is 0 Å². The van der Waals surface area contributed by atoms with Crippen LogP contribution in [0.2, 0.25) is 0 Å². The molecule has 5 heteroatoms. The molecule has 0 bridgehead atoms. The molecule has 0 fully saturated rings. The Morgan fingerprint density at radius 1 is 0.774 bits per heavy atom. The molecule has 0 aromatic heterocycles. The molecule has 0 aliphatic carbocycles. The molecule has 154 valence electrons. The van der Waals surface area contributed by atoms with Crippen LogP contribution >= 0.6 is 0 Å². The minimum absolute atomic E-state index is 0.127. The number of fused-ring (bicyclic) bond motifs is 1. The first-order valence-corrected chi connectivity index (χ1v) is 9.98. The minimum atomic E-state index is -0.341. The highest BCUT2D eigenvalue weighted by Gasteiger charge is 2.06. The molecule has 1 amide bonds. The summed E-state index contributed by atoms with van der Waals surface area (Å²) in [4.78, 5) is 12.2. The highest BCUT2D eigenvalue weighted by Crippen LogP contribution is 2.25. The number of hydrogen-bond acceptors (Lipinski definition) is 4. The molecule has 0 atom stereocenters. The molecule has 0 spiro atoms. The van der Waals surface area contributed by atoms with Crippen LogP contribution in [0.15, 0.2) is 102 Å². The third-order valence-corrected chi connectivity index (χ3v) is 4.66. The number of ether oxygens (including phenoxy) is 2. The maximum Gasteiger partial charge on any atom is 0.277 e. The molecule has 5 nitrogen and oxygen atoms in total. The molecule has 1 N–H and O–H groups in total. The van der Waals surface area contributed by atoms with Crippen LogP contribution in [0.4, 0.5) is 0 Å². The first kappa shape index (κ1) is 20.2. The molecule has 4 rings (SSSR count). The quantitative estimate of drug-likeness (QED) is 0.330. The zero-order valence-electron chi connectivity index (χ0n) is 16.9. The lowest BCUT2D eigenvalue weighted by Crippen LogP contribution is -2.24. The monoisotopic (exact) mass is 410 g/mol. The van der Waals surface area contributed by atoms with Crippen molar-refractivity contribution >= 4 is 22.9 Å². The number of nitrogens with zero attached hydrogens (tertiary/aromatic N) is 1. The van der Waals surface area contributed by atoms with E-state index in [1.165, 1.54) is 0 Å². The van der Waals surface area contributed by atoms with Crippen LogP contribution in [0.3, 0.4) is 0 Å². The predicted octanol–water partition coefficient (Wildman–Crippen LogP) is 4.95. The molecule has 0 saturated carbocycles. The summed E-state index contributed by atoms with van der Waals surface area (Å²) < 4.78 is 11.6. The Hall–Kier alpha value is -4.12. The lowest BCUT2D eigenvalue weighted by molar-refractivity contribution is -0.123. The standard InChI is InChI=1S/C26H22N2O3/c29-26(19-31-25-16-8-13-21-11-4-6-14-23(21)25)28-27-17-22-12-5-7-15-24(22)30-18-20-9-2-1-3-10-20/h1-17H,18-19H2,(H,28,29)/b27-17-. The second-order valence-corrected chi connectivity index (χ2v) is 6.87. The van der Waals surface area contributed by atoms with Gasteiger partial charge in [0.2, 0.25) is 0 Å². The molecule has 0 aliphatic rings. The molecule has 31 heavy (non-hydrogen) atoms. The number of para-hydroxylation sites is 1. The van der Waals surface area contributed by atoms with Crippen LogP contribution in [-0.4, -0.2) is 18.7 Å². The first-order chi connectivity index (χ1) is 15.3. The van der Waals surface area contributed by atoms with Crippen molar-refractivity contribution in [1.29, 1.82) is 0 Å². The van der Waals surface area contributed by atoms with Gasteiger partial charge in [0.05, 0.1) is 6.21 Å². The summed E-state index contributed by atoms with van der Waals surface area (Å²) >= 11 is 0. The number of carbonyl (C=O) groups excluding carboxylic acids is 1. The van der Waals surface area contributed by atoms with E-state index >= 15 is 0 Å². The number of nitrogens with one attached hydrogen (secondary N) is 1. The average molecular weight is 410 g/mol. The van der Waals surface area contributed by atoms with Gasteiger partial charge in [-0.15, -0.1) is 0 Å². The van der Waals surface area contributed by atoms with Gasteiger partial charge in [-0.05, 0) is 29.1 Å². The lowest BCUT2D eigenvalue weighted by Gasteiger charge is -2.09. The van der Waals surface area contributed by atoms with Crippen LogP contribution < -0.4 is 14.9 Å². The Labute approximate surface area is 180 Å². The van der Waals surface area contributed by atoms with Crippen molar-refractivity contribution in [2.45, 2.75) is 6.61 Å². The Bertz CT molecular complexity index is 1180. The van der Waals surface area contributed by atoms with Crippen molar-refractivity contribution < 1.29 is 14.3 Å². The van der Waals surface area contributed by atoms with Crippen molar-refractivity contribution in [3.05, 3.63) is 108 Å². The smallest absolute Gasteiger partial charge is 0.277 e. The fraction of sp³-hybridized carbons (Fsp3) is 0.0769. The molecule has 4 aromatic carbocycles. The van der Waals surface area contributed by atoms with Crippen LogP contribution in [0.25, 0.3) is 10.8 Å². The maximum absolute atomic E-state index is 12.2. The second kappa shape index (κ2) is 10.1. The highest BCUT2D eigenvalue weighted by molar-refractivity contribution is 5.89. The summed E-state index contributed by atoms with van der Waals surface area (Å²) in [7, 11) is 0. The van der Waals surface area contributed by atoms with E-state index < -0.39 is 0 Å². The molecular formula is C26H22N2O3. The number of hydrogen-bond donors (Lipinski definition) is 1. The van der Waals surface area contributed by atoms with Crippen molar-refractivity contribution in [2.24, 2.45) is 5.10 Å². The zero-order chi connectivity index (χ0) is 21.3. The van der Waals surface area contributed by atoms with Gasteiger partial charge >= 0.3 is 0 Å². The molecule has 0 radical (unpaired) electrons. The van der Waals surface area contributed by atoms with Gasteiger partial charge < -0.3 is 9.47 Å².